The molecule has 0 aromatic heterocycles. The number of benzene rings is 2. The Balaban J connectivity index is 1.45. The van der Waals surface area contributed by atoms with E-state index >= 15 is 0 Å². The van der Waals surface area contributed by atoms with E-state index in [1.54, 1.807) is 13.0 Å². The molecule has 0 spiro atoms. The largest absolute Gasteiger partial charge is 0.326 e. The van der Waals surface area contributed by atoms with Gasteiger partial charge in [-0.2, -0.15) is 9.57 Å². The predicted octanol–water partition coefficient (Wildman–Crippen LogP) is 3.90. The Morgan fingerprint density at radius 1 is 1.16 bits per heavy atom. The molecule has 4 rings (SSSR count). The van der Waals surface area contributed by atoms with Crippen LogP contribution in [0.5, 0.6) is 0 Å². The zero-order chi connectivity index (χ0) is 22.2. The molecular formula is C24H27N3O3S. The Bertz CT molecular complexity index is 1150. The first-order chi connectivity index (χ1) is 14.7. The highest BCUT2D eigenvalue weighted by Gasteiger charge is 2.44. The van der Waals surface area contributed by atoms with Crippen LogP contribution in [0.15, 0.2) is 47.4 Å². The molecule has 2 aliphatic rings. The average molecular weight is 438 g/mol. The lowest BCUT2D eigenvalue weighted by Gasteiger charge is -2.31. The lowest BCUT2D eigenvalue weighted by molar-refractivity contribution is -0.120. The van der Waals surface area contributed by atoms with Crippen LogP contribution >= 0.6 is 0 Å². The molecule has 1 aliphatic heterocycles. The maximum Gasteiger partial charge on any atom is 0.243 e. The summed E-state index contributed by atoms with van der Waals surface area (Å²) in [7, 11) is -3.65. The summed E-state index contributed by atoms with van der Waals surface area (Å²) in [5.74, 6) is -0.572. The number of rotatable bonds is 5. The quantitative estimate of drug-likeness (QED) is 0.768. The lowest BCUT2D eigenvalue weighted by atomic mass is 9.97. The first kappa shape index (κ1) is 21.5. The van der Waals surface area contributed by atoms with Crippen molar-refractivity contribution in [1.82, 2.24) is 4.31 Å². The maximum absolute atomic E-state index is 13.2. The fourth-order valence-electron chi connectivity index (χ4n) is 4.21. The molecule has 1 N–H and O–H groups in total. The van der Waals surface area contributed by atoms with Gasteiger partial charge < -0.3 is 5.32 Å². The Labute approximate surface area is 183 Å². The topological polar surface area (TPSA) is 90.3 Å². The van der Waals surface area contributed by atoms with E-state index in [0.717, 1.165) is 24.0 Å². The average Bonchev–Trinajstić information content (AvgIpc) is 3.57. The number of hydrogen-bond donors (Lipinski definition) is 1. The van der Waals surface area contributed by atoms with E-state index in [2.05, 4.69) is 11.4 Å². The number of nitriles is 1. The molecule has 6 nitrogen and oxygen atoms in total. The number of nitrogens with one attached hydrogen (secondary N) is 1. The first-order valence-electron chi connectivity index (χ1n) is 10.7. The highest BCUT2D eigenvalue weighted by atomic mass is 32.2. The third-order valence-electron chi connectivity index (χ3n) is 6.39. The smallest absolute Gasteiger partial charge is 0.243 e. The van der Waals surface area contributed by atoms with Gasteiger partial charge in [0.2, 0.25) is 15.9 Å². The number of hydrogen-bond acceptors (Lipinski definition) is 4. The number of aryl methyl sites for hydroxylation is 2. The second kappa shape index (κ2) is 8.10. The molecule has 0 unspecified atom stereocenters. The molecule has 2 fully saturated rings. The molecule has 31 heavy (non-hydrogen) atoms. The number of sulfonamides is 1. The summed E-state index contributed by atoms with van der Waals surface area (Å²) >= 11 is 0. The van der Waals surface area contributed by atoms with Crippen LogP contribution < -0.4 is 5.32 Å². The minimum Gasteiger partial charge on any atom is -0.326 e. The van der Waals surface area contributed by atoms with Crippen LogP contribution in [0, 0.1) is 31.1 Å². The van der Waals surface area contributed by atoms with E-state index in [1.807, 2.05) is 43.3 Å². The van der Waals surface area contributed by atoms with E-state index in [9.17, 15) is 18.5 Å². The zero-order valence-electron chi connectivity index (χ0n) is 17.9. The van der Waals surface area contributed by atoms with E-state index in [4.69, 9.17) is 0 Å². The molecule has 0 radical (unpaired) electrons. The molecule has 1 aliphatic carbocycles. The van der Waals surface area contributed by atoms with Crippen molar-refractivity contribution in [3.8, 4) is 6.07 Å². The number of nitrogens with zero attached hydrogens (tertiary/aromatic N) is 2. The Kier molecular flexibility index (Phi) is 5.63. The van der Waals surface area contributed by atoms with Crippen LogP contribution in [0.3, 0.4) is 0 Å². The van der Waals surface area contributed by atoms with Crippen LogP contribution in [-0.4, -0.2) is 31.7 Å². The van der Waals surface area contributed by atoms with Gasteiger partial charge in [0.05, 0.1) is 22.3 Å². The molecular weight excluding hydrogens is 410 g/mol. The molecule has 1 saturated heterocycles. The number of carbonyl (C=O) groups is 1. The first-order valence-corrected chi connectivity index (χ1v) is 12.1. The number of anilines is 1. The van der Waals surface area contributed by atoms with Gasteiger partial charge in [-0.05, 0) is 74.4 Å². The Morgan fingerprint density at radius 3 is 2.52 bits per heavy atom. The maximum atomic E-state index is 13.2. The van der Waals surface area contributed by atoms with Crippen molar-refractivity contribution in [2.45, 2.75) is 49.8 Å². The number of carbonyl (C=O) groups excluding carboxylic acids is 1. The SMILES string of the molecule is Cc1ccc(C)c(S(=O)(=O)N2CCC[C@@H](C(=O)Nc3ccc(C4(C#N)CC4)cc3)C2)c1. The van der Waals surface area contributed by atoms with Crippen molar-refractivity contribution < 1.29 is 13.2 Å². The van der Waals surface area contributed by atoms with E-state index < -0.39 is 15.9 Å². The summed E-state index contributed by atoms with van der Waals surface area (Å²) in [4.78, 5) is 13.2. The monoisotopic (exact) mass is 437 g/mol. The highest BCUT2D eigenvalue weighted by molar-refractivity contribution is 7.89. The zero-order valence-corrected chi connectivity index (χ0v) is 18.7. The molecule has 1 saturated carbocycles. The van der Waals surface area contributed by atoms with Crippen LogP contribution in [0.25, 0.3) is 0 Å². The summed E-state index contributed by atoms with van der Waals surface area (Å²) in [5, 5.41) is 12.2. The van der Waals surface area contributed by atoms with Gasteiger partial charge in [0.15, 0.2) is 0 Å². The van der Waals surface area contributed by atoms with E-state index in [1.165, 1.54) is 4.31 Å². The predicted molar refractivity (Wildman–Crippen MR) is 119 cm³/mol. The van der Waals surface area contributed by atoms with Gasteiger partial charge in [-0.25, -0.2) is 8.42 Å². The highest BCUT2D eigenvalue weighted by Crippen LogP contribution is 2.47. The fourth-order valence-corrected chi connectivity index (χ4v) is 6.04. The molecule has 2 aromatic carbocycles. The third kappa shape index (κ3) is 4.23. The van der Waals surface area contributed by atoms with Crippen LogP contribution in [-0.2, 0) is 20.2 Å². The van der Waals surface area contributed by atoms with Gasteiger partial charge in [-0.1, -0.05) is 24.3 Å². The second-order valence-corrected chi connectivity index (χ2v) is 10.6. The van der Waals surface area contributed by atoms with Crippen LogP contribution in [0.4, 0.5) is 5.69 Å². The molecule has 1 atom stereocenters. The summed E-state index contributed by atoms with van der Waals surface area (Å²) in [6, 6.07) is 15.2. The van der Waals surface area contributed by atoms with Crippen molar-refractivity contribution >= 4 is 21.6 Å². The lowest BCUT2D eigenvalue weighted by Crippen LogP contribution is -2.43. The van der Waals surface area contributed by atoms with Gasteiger partial charge in [0.25, 0.3) is 0 Å². The number of piperidine rings is 1. The number of amides is 1. The molecule has 7 heteroatoms. The standard InChI is InChI=1S/C24H27N3O3S/c1-17-5-6-18(2)22(14-17)31(29,30)27-13-3-4-19(15-27)23(28)26-21-9-7-20(8-10-21)24(16-25)11-12-24/h5-10,14,19H,3-4,11-13,15H2,1-2H3,(H,26,28)/t19-/m1/s1. The van der Waals surface area contributed by atoms with Crippen molar-refractivity contribution in [3.63, 3.8) is 0 Å². The molecule has 1 heterocycles. The van der Waals surface area contributed by atoms with Crippen molar-refractivity contribution in [2.24, 2.45) is 5.92 Å². The van der Waals surface area contributed by atoms with Crippen LogP contribution in [0.1, 0.15) is 42.4 Å². The fraction of sp³-hybridized carbons (Fsp3) is 0.417. The van der Waals surface area contributed by atoms with Crippen LogP contribution in [0.2, 0.25) is 0 Å². The minimum absolute atomic E-state index is 0.171. The van der Waals surface area contributed by atoms with E-state index in [0.29, 0.717) is 35.5 Å². The van der Waals surface area contributed by atoms with E-state index in [-0.39, 0.29) is 17.9 Å². The Morgan fingerprint density at radius 2 is 1.87 bits per heavy atom. The minimum atomic E-state index is -3.65. The Hall–Kier alpha value is -2.69. The van der Waals surface area contributed by atoms with Crippen molar-refractivity contribution in [2.75, 3.05) is 18.4 Å². The molecule has 162 valence electrons. The van der Waals surface area contributed by atoms with Gasteiger partial charge in [-0.3, -0.25) is 4.79 Å². The molecule has 0 bridgehead atoms. The molecule has 2 aromatic rings. The summed E-state index contributed by atoms with van der Waals surface area (Å²) in [6.07, 6.45) is 3.05. The van der Waals surface area contributed by atoms with Gasteiger partial charge >= 0.3 is 0 Å². The van der Waals surface area contributed by atoms with Gasteiger partial charge in [0.1, 0.15) is 0 Å². The van der Waals surface area contributed by atoms with Crippen molar-refractivity contribution in [3.05, 3.63) is 59.2 Å². The molecule has 1 amide bonds. The van der Waals surface area contributed by atoms with Crippen molar-refractivity contribution in [1.29, 1.82) is 5.26 Å². The van der Waals surface area contributed by atoms with Gasteiger partial charge in [-0.15, -0.1) is 0 Å². The third-order valence-corrected chi connectivity index (χ3v) is 8.39. The normalized spacial score (nSPS) is 20.6. The summed E-state index contributed by atoms with van der Waals surface area (Å²) < 4.78 is 27.9. The second-order valence-electron chi connectivity index (χ2n) is 8.73. The van der Waals surface area contributed by atoms with Gasteiger partial charge in [0, 0.05) is 18.8 Å². The summed E-state index contributed by atoms with van der Waals surface area (Å²) in [6.45, 7) is 4.27. The summed E-state index contributed by atoms with van der Waals surface area (Å²) in [5.41, 5.74) is 2.90.